The molecule has 1 aromatic rings. The lowest BCUT2D eigenvalue weighted by Crippen LogP contribution is -2.23. The fraction of sp³-hybridized carbons (Fsp3) is 0.550. The van der Waals surface area contributed by atoms with Crippen LogP contribution in [0.1, 0.15) is 49.4 Å². The van der Waals surface area contributed by atoms with Gasteiger partial charge in [-0.3, -0.25) is 9.59 Å². The van der Waals surface area contributed by atoms with Crippen LogP contribution in [0, 0.1) is 17.8 Å². The molecule has 2 bridgehead atoms. The molecule has 6 heteroatoms. The summed E-state index contributed by atoms with van der Waals surface area (Å²) in [6.07, 6.45) is 5.32. The smallest absolute Gasteiger partial charge is 0.338 e. The van der Waals surface area contributed by atoms with Crippen molar-refractivity contribution in [3.05, 3.63) is 29.8 Å². The van der Waals surface area contributed by atoms with E-state index in [2.05, 4.69) is 5.32 Å². The summed E-state index contributed by atoms with van der Waals surface area (Å²) in [5.41, 5.74) is 0.953. The van der Waals surface area contributed by atoms with Gasteiger partial charge in [0, 0.05) is 12.1 Å². The quantitative estimate of drug-likeness (QED) is 0.756. The number of hydrogen-bond donors (Lipinski definition) is 1. The van der Waals surface area contributed by atoms with Crippen LogP contribution in [0.5, 0.6) is 0 Å². The first-order chi connectivity index (χ1) is 12.5. The summed E-state index contributed by atoms with van der Waals surface area (Å²) in [6.45, 7) is 1.76. The summed E-state index contributed by atoms with van der Waals surface area (Å²) in [4.78, 5) is 35.5. The van der Waals surface area contributed by atoms with Crippen LogP contribution >= 0.6 is 0 Å². The molecule has 2 saturated carbocycles. The van der Waals surface area contributed by atoms with Crippen LogP contribution < -0.4 is 5.32 Å². The van der Waals surface area contributed by atoms with Gasteiger partial charge in [0.25, 0.3) is 5.91 Å². The van der Waals surface area contributed by atoms with E-state index in [0.29, 0.717) is 36.1 Å². The van der Waals surface area contributed by atoms with E-state index in [4.69, 9.17) is 9.47 Å². The zero-order valence-corrected chi connectivity index (χ0v) is 15.0. The first-order valence-electron chi connectivity index (χ1n) is 9.27. The van der Waals surface area contributed by atoms with E-state index >= 15 is 0 Å². The Bertz CT molecular complexity index is 669. The van der Waals surface area contributed by atoms with Gasteiger partial charge in [0.15, 0.2) is 6.61 Å². The minimum Gasteiger partial charge on any atom is -0.462 e. The molecule has 2 fully saturated rings. The van der Waals surface area contributed by atoms with Crippen molar-refractivity contribution in [1.82, 2.24) is 0 Å². The van der Waals surface area contributed by atoms with E-state index in [9.17, 15) is 14.4 Å². The number of amides is 1. The maximum Gasteiger partial charge on any atom is 0.338 e. The first kappa shape index (κ1) is 18.4. The Kier molecular flexibility index (Phi) is 5.91. The summed E-state index contributed by atoms with van der Waals surface area (Å²) in [5, 5.41) is 2.65. The second-order valence-electron chi connectivity index (χ2n) is 7.15. The van der Waals surface area contributed by atoms with E-state index in [1.54, 1.807) is 31.2 Å². The predicted octanol–water partition coefficient (Wildman–Crippen LogP) is 3.17. The van der Waals surface area contributed by atoms with Crippen molar-refractivity contribution in [2.24, 2.45) is 17.8 Å². The van der Waals surface area contributed by atoms with Gasteiger partial charge in [-0.15, -0.1) is 0 Å². The van der Waals surface area contributed by atoms with Crippen LogP contribution in [-0.2, 0) is 19.1 Å². The molecule has 0 heterocycles. The lowest BCUT2D eigenvalue weighted by atomic mass is 9.86. The normalized spacial score (nSPS) is 23.5. The summed E-state index contributed by atoms with van der Waals surface area (Å²) in [6, 6.07) is 6.38. The SMILES string of the molecule is CCOC(=O)c1ccc(NC(=O)COC(=O)C[C@@H]2C[C@H]3CC[C@@H]2C3)cc1. The van der Waals surface area contributed by atoms with Gasteiger partial charge < -0.3 is 14.8 Å². The molecule has 3 rings (SSSR count). The molecule has 26 heavy (non-hydrogen) atoms. The van der Waals surface area contributed by atoms with E-state index in [0.717, 1.165) is 12.3 Å². The standard InChI is InChI=1S/C20H25NO5/c1-2-25-20(24)14-5-7-17(8-6-14)21-18(22)12-26-19(23)11-16-10-13-3-4-15(16)9-13/h5-8,13,15-16H,2-4,9-12H2,1H3,(H,21,22)/t13-,15+,16-/m0/s1. The molecule has 0 spiro atoms. The highest BCUT2D eigenvalue weighted by Crippen LogP contribution is 2.49. The third-order valence-electron chi connectivity index (χ3n) is 5.36. The fourth-order valence-corrected chi connectivity index (χ4v) is 4.15. The molecule has 2 aliphatic rings. The van der Waals surface area contributed by atoms with Crippen molar-refractivity contribution in [3.8, 4) is 0 Å². The number of rotatable bonds is 7. The van der Waals surface area contributed by atoms with E-state index < -0.39 is 11.9 Å². The highest BCUT2D eigenvalue weighted by Gasteiger charge is 2.40. The number of ether oxygens (including phenoxy) is 2. The number of benzene rings is 1. The van der Waals surface area contributed by atoms with Crippen molar-refractivity contribution in [2.45, 2.75) is 39.0 Å². The second kappa shape index (κ2) is 8.34. The largest absolute Gasteiger partial charge is 0.462 e. The summed E-state index contributed by atoms with van der Waals surface area (Å²) in [7, 11) is 0. The Morgan fingerprint density at radius 2 is 1.85 bits per heavy atom. The Hall–Kier alpha value is -2.37. The Balaban J connectivity index is 1.39. The van der Waals surface area contributed by atoms with E-state index in [1.807, 2.05) is 0 Å². The number of hydrogen-bond acceptors (Lipinski definition) is 5. The van der Waals surface area contributed by atoms with Crippen molar-refractivity contribution in [3.63, 3.8) is 0 Å². The lowest BCUT2D eigenvalue weighted by molar-refractivity contribution is -0.148. The highest BCUT2D eigenvalue weighted by molar-refractivity contribution is 5.94. The van der Waals surface area contributed by atoms with Gasteiger partial charge in [-0.1, -0.05) is 6.42 Å². The van der Waals surface area contributed by atoms with Crippen molar-refractivity contribution >= 4 is 23.5 Å². The molecule has 0 unspecified atom stereocenters. The minimum absolute atomic E-state index is 0.292. The molecule has 0 radical (unpaired) electrons. The van der Waals surface area contributed by atoms with Gasteiger partial charge in [0.1, 0.15) is 0 Å². The zero-order chi connectivity index (χ0) is 18.5. The number of nitrogens with one attached hydrogen (secondary N) is 1. The number of carbonyl (C=O) groups is 3. The summed E-state index contributed by atoms with van der Waals surface area (Å²) >= 11 is 0. The van der Waals surface area contributed by atoms with Gasteiger partial charge in [-0.25, -0.2) is 4.79 Å². The molecule has 6 nitrogen and oxygen atoms in total. The van der Waals surface area contributed by atoms with E-state index in [1.165, 1.54) is 19.3 Å². The number of fused-ring (bicyclic) bond motifs is 2. The Labute approximate surface area is 153 Å². The van der Waals surface area contributed by atoms with Crippen LogP contribution in [0.4, 0.5) is 5.69 Å². The van der Waals surface area contributed by atoms with Crippen molar-refractivity contribution in [2.75, 3.05) is 18.5 Å². The van der Waals surface area contributed by atoms with Crippen LogP contribution in [0.2, 0.25) is 0 Å². The third-order valence-corrected chi connectivity index (χ3v) is 5.36. The van der Waals surface area contributed by atoms with Crippen molar-refractivity contribution in [1.29, 1.82) is 0 Å². The van der Waals surface area contributed by atoms with Gasteiger partial charge in [-0.2, -0.15) is 0 Å². The minimum atomic E-state index is -0.403. The molecule has 1 amide bonds. The second-order valence-corrected chi connectivity index (χ2v) is 7.15. The highest BCUT2D eigenvalue weighted by atomic mass is 16.5. The van der Waals surface area contributed by atoms with E-state index in [-0.39, 0.29) is 12.6 Å². The molecule has 0 saturated heterocycles. The summed E-state index contributed by atoms with van der Waals surface area (Å²) < 4.78 is 10.0. The maximum atomic E-state index is 12.0. The van der Waals surface area contributed by atoms with Crippen LogP contribution in [0.3, 0.4) is 0 Å². The zero-order valence-electron chi connectivity index (χ0n) is 15.0. The molecule has 0 aliphatic heterocycles. The maximum absolute atomic E-state index is 12.0. The van der Waals surface area contributed by atoms with Gasteiger partial charge >= 0.3 is 11.9 Å². The molecule has 1 N–H and O–H groups in total. The Morgan fingerprint density at radius 1 is 1.08 bits per heavy atom. The third kappa shape index (κ3) is 4.62. The lowest BCUT2D eigenvalue weighted by Gasteiger charge is -2.20. The average Bonchev–Trinajstić information content (AvgIpc) is 3.24. The van der Waals surface area contributed by atoms with Gasteiger partial charge in [0.2, 0.25) is 0 Å². The molecule has 140 valence electrons. The predicted molar refractivity (Wildman–Crippen MR) is 95.5 cm³/mol. The van der Waals surface area contributed by atoms with Gasteiger partial charge in [0.05, 0.1) is 12.2 Å². The summed E-state index contributed by atoms with van der Waals surface area (Å²) in [5.74, 6) is 0.795. The molecule has 2 aliphatic carbocycles. The number of carbonyl (C=O) groups excluding carboxylic acids is 3. The van der Waals surface area contributed by atoms with Crippen LogP contribution in [0.25, 0.3) is 0 Å². The number of anilines is 1. The first-order valence-corrected chi connectivity index (χ1v) is 9.27. The molecule has 3 atom stereocenters. The molecule has 0 aromatic heterocycles. The van der Waals surface area contributed by atoms with Gasteiger partial charge in [-0.05, 0) is 68.2 Å². The number of esters is 2. The van der Waals surface area contributed by atoms with Crippen LogP contribution in [0.15, 0.2) is 24.3 Å². The molecule has 1 aromatic carbocycles. The average molecular weight is 359 g/mol. The molecular weight excluding hydrogens is 334 g/mol. The topological polar surface area (TPSA) is 81.7 Å². The monoisotopic (exact) mass is 359 g/mol. The van der Waals surface area contributed by atoms with Crippen molar-refractivity contribution < 1.29 is 23.9 Å². The van der Waals surface area contributed by atoms with Crippen LogP contribution in [-0.4, -0.2) is 31.1 Å². The fourth-order valence-electron chi connectivity index (χ4n) is 4.15. The Morgan fingerprint density at radius 3 is 2.46 bits per heavy atom. The molecular formula is C20H25NO5.